The maximum Gasteiger partial charge on any atom is 0.416 e. The average molecular weight is 355 g/mol. The number of anilines is 1. The SMILES string of the molecule is O=C(COC(=O)Cc1ccccc1F)Nc1ccc(C(F)(F)F)cc1. The predicted molar refractivity (Wildman–Crippen MR) is 81.1 cm³/mol. The third kappa shape index (κ3) is 5.59. The first-order valence-corrected chi connectivity index (χ1v) is 7.12. The molecule has 0 saturated heterocycles. The molecule has 8 heteroatoms. The molecule has 0 heterocycles. The number of halogens is 4. The largest absolute Gasteiger partial charge is 0.455 e. The Balaban J connectivity index is 1.82. The van der Waals surface area contributed by atoms with Crippen molar-refractivity contribution in [1.29, 1.82) is 0 Å². The van der Waals surface area contributed by atoms with E-state index in [1.54, 1.807) is 6.07 Å². The number of alkyl halides is 3. The molecule has 0 spiro atoms. The Morgan fingerprint density at radius 2 is 1.64 bits per heavy atom. The summed E-state index contributed by atoms with van der Waals surface area (Å²) in [6.07, 6.45) is -4.80. The Kier molecular flexibility index (Phi) is 5.74. The molecule has 0 fully saturated rings. The number of carbonyl (C=O) groups is 2. The number of hydrogen-bond acceptors (Lipinski definition) is 3. The van der Waals surface area contributed by atoms with Gasteiger partial charge in [0, 0.05) is 5.69 Å². The minimum absolute atomic E-state index is 0.128. The molecule has 1 N–H and O–H groups in total. The number of carbonyl (C=O) groups excluding carboxylic acids is 2. The van der Waals surface area contributed by atoms with Crippen molar-refractivity contribution in [2.45, 2.75) is 12.6 Å². The first kappa shape index (κ1) is 18.4. The van der Waals surface area contributed by atoms with E-state index in [1.165, 1.54) is 18.2 Å². The van der Waals surface area contributed by atoms with Crippen molar-refractivity contribution in [1.82, 2.24) is 0 Å². The van der Waals surface area contributed by atoms with Crippen molar-refractivity contribution >= 4 is 17.6 Å². The van der Waals surface area contributed by atoms with E-state index in [0.717, 1.165) is 24.3 Å². The van der Waals surface area contributed by atoms with Crippen molar-refractivity contribution in [3.63, 3.8) is 0 Å². The van der Waals surface area contributed by atoms with Gasteiger partial charge in [-0.1, -0.05) is 18.2 Å². The lowest BCUT2D eigenvalue weighted by Crippen LogP contribution is -2.21. The molecule has 2 aromatic rings. The van der Waals surface area contributed by atoms with Crippen LogP contribution in [0.5, 0.6) is 0 Å². The molecule has 0 atom stereocenters. The molecule has 0 saturated carbocycles. The molecule has 25 heavy (non-hydrogen) atoms. The van der Waals surface area contributed by atoms with E-state index in [0.29, 0.717) is 0 Å². The highest BCUT2D eigenvalue weighted by molar-refractivity contribution is 5.92. The van der Waals surface area contributed by atoms with Crippen LogP contribution >= 0.6 is 0 Å². The minimum atomic E-state index is -4.47. The number of ether oxygens (including phenoxy) is 1. The second-order valence-electron chi connectivity index (χ2n) is 5.05. The first-order valence-electron chi connectivity index (χ1n) is 7.12. The fourth-order valence-electron chi connectivity index (χ4n) is 1.93. The van der Waals surface area contributed by atoms with Gasteiger partial charge in [0.15, 0.2) is 6.61 Å². The minimum Gasteiger partial charge on any atom is -0.455 e. The van der Waals surface area contributed by atoms with E-state index in [2.05, 4.69) is 5.32 Å². The number of esters is 1. The van der Waals surface area contributed by atoms with Gasteiger partial charge < -0.3 is 10.1 Å². The zero-order chi connectivity index (χ0) is 18.4. The topological polar surface area (TPSA) is 55.4 Å². The van der Waals surface area contributed by atoms with Crippen LogP contribution in [0, 0.1) is 5.82 Å². The Labute approximate surface area is 140 Å². The number of benzene rings is 2. The summed E-state index contributed by atoms with van der Waals surface area (Å²) in [6.45, 7) is -0.631. The summed E-state index contributed by atoms with van der Waals surface area (Å²) >= 11 is 0. The third-order valence-electron chi connectivity index (χ3n) is 3.15. The van der Waals surface area contributed by atoms with Gasteiger partial charge in [0.25, 0.3) is 5.91 Å². The van der Waals surface area contributed by atoms with E-state index in [1.807, 2.05) is 0 Å². The first-order chi connectivity index (χ1) is 11.8. The van der Waals surface area contributed by atoms with E-state index in [4.69, 9.17) is 4.74 Å². The van der Waals surface area contributed by atoms with Crippen molar-refractivity contribution in [2.24, 2.45) is 0 Å². The summed E-state index contributed by atoms with van der Waals surface area (Å²) in [6, 6.07) is 9.45. The lowest BCUT2D eigenvalue weighted by atomic mass is 10.1. The molecule has 2 rings (SSSR count). The van der Waals surface area contributed by atoms with E-state index < -0.39 is 36.0 Å². The van der Waals surface area contributed by atoms with Gasteiger partial charge in [-0.05, 0) is 35.9 Å². The fourth-order valence-corrected chi connectivity index (χ4v) is 1.93. The zero-order valence-corrected chi connectivity index (χ0v) is 12.8. The van der Waals surface area contributed by atoms with E-state index in [-0.39, 0.29) is 17.7 Å². The van der Waals surface area contributed by atoms with Crippen LogP contribution in [-0.4, -0.2) is 18.5 Å². The molecular formula is C17H13F4NO3. The molecule has 0 aromatic heterocycles. The highest BCUT2D eigenvalue weighted by Crippen LogP contribution is 2.29. The van der Waals surface area contributed by atoms with Crippen molar-refractivity contribution in [2.75, 3.05) is 11.9 Å². The molecular weight excluding hydrogens is 342 g/mol. The highest BCUT2D eigenvalue weighted by atomic mass is 19.4. The quantitative estimate of drug-likeness (QED) is 0.659. The maximum atomic E-state index is 13.4. The van der Waals surface area contributed by atoms with Crippen molar-refractivity contribution in [3.8, 4) is 0 Å². The molecule has 4 nitrogen and oxygen atoms in total. The number of hydrogen-bond donors (Lipinski definition) is 1. The Morgan fingerprint density at radius 3 is 2.24 bits per heavy atom. The Bertz CT molecular complexity index is 757. The fraction of sp³-hybridized carbons (Fsp3) is 0.176. The van der Waals surface area contributed by atoms with Crippen LogP contribution in [0.2, 0.25) is 0 Å². The van der Waals surface area contributed by atoms with Crippen molar-refractivity contribution < 1.29 is 31.9 Å². The molecule has 0 bridgehead atoms. The van der Waals surface area contributed by atoms with Crippen LogP contribution in [0.3, 0.4) is 0 Å². The Hall–Kier alpha value is -2.90. The van der Waals surface area contributed by atoms with Crippen LogP contribution in [0.4, 0.5) is 23.2 Å². The van der Waals surface area contributed by atoms with E-state index >= 15 is 0 Å². The summed E-state index contributed by atoms with van der Waals surface area (Å²) in [5.41, 5.74) is -0.583. The number of rotatable bonds is 5. The molecule has 0 unspecified atom stereocenters. The Morgan fingerprint density at radius 1 is 1.00 bits per heavy atom. The highest BCUT2D eigenvalue weighted by Gasteiger charge is 2.29. The van der Waals surface area contributed by atoms with Gasteiger partial charge in [-0.15, -0.1) is 0 Å². The van der Waals surface area contributed by atoms with Crippen LogP contribution < -0.4 is 5.32 Å². The molecule has 1 amide bonds. The standard InChI is InChI=1S/C17H13F4NO3/c18-14-4-2-1-3-11(14)9-16(24)25-10-15(23)22-13-7-5-12(6-8-13)17(19,20)21/h1-8H,9-10H2,(H,22,23). The maximum absolute atomic E-state index is 13.4. The van der Waals surface area contributed by atoms with Gasteiger partial charge in [-0.2, -0.15) is 13.2 Å². The average Bonchev–Trinajstić information content (AvgIpc) is 2.55. The molecule has 0 radical (unpaired) electrons. The summed E-state index contributed by atoms with van der Waals surface area (Å²) in [4.78, 5) is 23.2. The normalized spacial score (nSPS) is 11.0. The smallest absolute Gasteiger partial charge is 0.416 e. The van der Waals surface area contributed by atoms with Gasteiger partial charge in [0.05, 0.1) is 12.0 Å². The monoisotopic (exact) mass is 355 g/mol. The van der Waals surface area contributed by atoms with Gasteiger partial charge in [-0.3, -0.25) is 9.59 Å². The summed E-state index contributed by atoms with van der Waals surface area (Å²) in [5, 5.41) is 2.29. The predicted octanol–water partition coefficient (Wildman–Crippen LogP) is 3.57. The van der Waals surface area contributed by atoms with Gasteiger partial charge in [-0.25, -0.2) is 4.39 Å². The third-order valence-corrected chi connectivity index (χ3v) is 3.15. The number of amides is 1. The molecule has 0 aliphatic heterocycles. The van der Waals surface area contributed by atoms with Crippen LogP contribution in [-0.2, 0) is 26.9 Å². The summed E-state index contributed by atoms with van der Waals surface area (Å²) in [5.74, 6) is -2.08. The number of nitrogens with one attached hydrogen (secondary N) is 1. The molecule has 132 valence electrons. The lowest BCUT2D eigenvalue weighted by molar-refractivity contribution is -0.146. The van der Waals surface area contributed by atoms with Gasteiger partial charge in [0.2, 0.25) is 0 Å². The molecule has 2 aromatic carbocycles. The lowest BCUT2D eigenvalue weighted by Gasteiger charge is -2.09. The van der Waals surface area contributed by atoms with Crippen LogP contribution in [0.15, 0.2) is 48.5 Å². The summed E-state index contributed by atoms with van der Waals surface area (Å²) < 4.78 is 55.4. The zero-order valence-electron chi connectivity index (χ0n) is 12.8. The van der Waals surface area contributed by atoms with Gasteiger partial charge >= 0.3 is 12.1 Å². The van der Waals surface area contributed by atoms with Crippen LogP contribution in [0.25, 0.3) is 0 Å². The van der Waals surface area contributed by atoms with E-state index in [9.17, 15) is 27.2 Å². The van der Waals surface area contributed by atoms with Gasteiger partial charge in [0.1, 0.15) is 5.82 Å². The molecule has 0 aliphatic carbocycles. The summed E-state index contributed by atoms with van der Waals surface area (Å²) in [7, 11) is 0. The van der Waals surface area contributed by atoms with Crippen LogP contribution in [0.1, 0.15) is 11.1 Å². The van der Waals surface area contributed by atoms with Crippen molar-refractivity contribution in [3.05, 3.63) is 65.5 Å². The second-order valence-corrected chi connectivity index (χ2v) is 5.05. The molecule has 0 aliphatic rings. The second kappa shape index (κ2) is 7.78.